The Balaban J connectivity index is 0.000000184. The molecule has 4 heterocycles. The molecule has 0 bridgehead atoms. The topological polar surface area (TPSA) is 212 Å². The van der Waals surface area contributed by atoms with E-state index in [1.807, 2.05) is 6.92 Å². The smallest absolute Gasteiger partial charge is 0.258 e. The molecule has 10 rings (SSSR count). The van der Waals surface area contributed by atoms with E-state index in [1.54, 1.807) is 75.4 Å². The summed E-state index contributed by atoms with van der Waals surface area (Å²) >= 11 is 0. The lowest BCUT2D eigenvalue weighted by atomic mass is 9.95. The Morgan fingerprint density at radius 3 is 1.65 bits per heavy atom. The summed E-state index contributed by atoms with van der Waals surface area (Å²) < 4.78 is 84.9. The van der Waals surface area contributed by atoms with E-state index in [1.165, 1.54) is 31.1 Å². The van der Waals surface area contributed by atoms with Crippen LogP contribution in [0.3, 0.4) is 0 Å². The molecule has 0 radical (unpaired) electrons. The highest BCUT2D eigenvalue weighted by Crippen LogP contribution is 2.33. The van der Waals surface area contributed by atoms with E-state index in [4.69, 9.17) is 24.5 Å². The van der Waals surface area contributed by atoms with Gasteiger partial charge < -0.3 is 40.5 Å². The van der Waals surface area contributed by atoms with Crippen LogP contribution < -0.4 is 16.0 Å². The lowest BCUT2D eigenvalue weighted by molar-refractivity contribution is -0.133. The van der Waals surface area contributed by atoms with Crippen molar-refractivity contribution in [1.82, 2.24) is 19.5 Å². The Labute approximate surface area is 466 Å². The number of anilines is 3. The van der Waals surface area contributed by atoms with Crippen LogP contribution in [0.2, 0.25) is 0 Å². The summed E-state index contributed by atoms with van der Waals surface area (Å²) in [6.07, 6.45) is 2.87. The molecule has 6 N–H and O–H groups in total. The van der Waals surface area contributed by atoms with E-state index in [9.17, 15) is 50.9 Å². The molecule has 6 aromatic carbocycles. The van der Waals surface area contributed by atoms with Gasteiger partial charge in [-0.3, -0.25) is 19.4 Å². The van der Waals surface area contributed by atoms with Crippen molar-refractivity contribution in [2.45, 2.75) is 85.2 Å². The molecule has 1 saturated heterocycles. The van der Waals surface area contributed by atoms with Gasteiger partial charge in [-0.1, -0.05) is 25.6 Å². The summed E-state index contributed by atoms with van der Waals surface area (Å²) in [5, 5.41) is 29.2. The molecular formula is C59H53F6N11O6. The molecule has 1 fully saturated rings. The number of rotatable bonds is 10. The number of carbonyl (C=O) groups is 3. The van der Waals surface area contributed by atoms with Gasteiger partial charge in [0.15, 0.2) is 63.2 Å². The maximum absolute atomic E-state index is 13.5. The number of H-pyrrole nitrogens is 1. The van der Waals surface area contributed by atoms with Crippen molar-refractivity contribution in [1.29, 1.82) is 0 Å². The molecule has 0 saturated carbocycles. The monoisotopic (exact) mass is 1130 g/mol. The fraction of sp³-hybridized carbons (Fsp3) is 0.237. The van der Waals surface area contributed by atoms with Crippen LogP contribution in [0.1, 0.15) is 56.9 Å². The second-order valence-electron chi connectivity index (χ2n) is 19.5. The fourth-order valence-electron chi connectivity index (χ4n) is 7.96. The minimum atomic E-state index is -1.84. The molecule has 8 aromatic rings. The minimum Gasteiger partial charge on any atom is -0.380 e. The van der Waals surface area contributed by atoms with E-state index >= 15 is 0 Å². The molecule has 17 nitrogen and oxygen atoms in total. The minimum absolute atomic E-state index is 0. The zero-order valence-electron chi connectivity index (χ0n) is 44.1. The van der Waals surface area contributed by atoms with Gasteiger partial charge >= 0.3 is 0 Å². The quantitative estimate of drug-likeness (QED) is 0.0439. The largest absolute Gasteiger partial charge is 0.380 e. The van der Waals surface area contributed by atoms with Crippen LogP contribution >= 0.6 is 0 Å². The average molecular weight is 1130 g/mol. The summed E-state index contributed by atoms with van der Waals surface area (Å²) in [5.74, 6) is -7.17. The SMILES string of the molecule is C.Fc1cc2nc[nH]c2cc1F.[C-]#[N+]c1ccc(NC(=O)[C@@](C)(O)CC2=Nc3cc(F)c(F)cc3C2)cc1C.[C-]#[N+]c1ccc(NC(=O)[C@@](C)(O)Cn2cnc3cc(F)c(F)cc32)cc1C.[C-]#[N+]c1ccc(NC(=O)[C@]2(C)CO2)cc1C. The number of fused-ring (bicyclic) bond motifs is 3. The molecule has 0 aliphatic carbocycles. The van der Waals surface area contributed by atoms with Crippen molar-refractivity contribution in [2.75, 3.05) is 22.6 Å². The Bertz CT molecular complexity index is 3910. The number of epoxide rings is 1. The van der Waals surface area contributed by atoms with Crippen LogP contribution in [-0.4, -0.2) is 76.6 Å². The van der Waals surface area contributed by atoms with E-state index < -0.39 is 63.5 Å². The molecular weight excluding hydrogens is 1070 g/mol. The van der Waals surface area contributed by atoms with Crippen LogP contribution in [0.15, 0.2) is 109 Å². The summed E-state index contributed by atoms with van der Waals surface area (Å²) in [4.78, 5) is 61.3. The molecule has 0 unspecified atom stereocenters. The molecule has 2 aliphatic rings. The van der Waals surface area contributed by atoms with Crippen molar-refractivity contribution >= 4 is 85.3 Å². The Hall–Kier alpha value is -9.73. The first-order valence-corrected chi connectivity index (χ1v) is 24.3. The first-order valence-electron chi connectivity index (χ1n) is 24.3. The number of carbonyl (C=O) groups excluding carboxylic acids is 3. The third kappa shape index (κ3) is 14.7. The first kappa shape index (κ1) is 61.5. The molecule has 0 spiro atoms. The summed E-state index contributed by atoms with van der Waals surface area (Å²) in [6.45, 7) is 31.0. The number of aromatic amines is 1. The second-order valence-corrected chi connectivity index (χ2v) is 19.5. The average Bonchev–Trinajstić information content (AvgIpc) is 3.84. The number of aromatic nitrogens is 4. The Morgan fingerprint density at radius 1 is 0.671 bits per heavy atom. The van der Waals surface area contributed by atoms with E-state index in [0.29, 0.717) is 79.9 Å². The molecule has 3 amide bonds. The Morgan fingerprint density at radius 2 is 1.13 bits per heavy atom. The number of aliphatic imine (C=N–C) groups is 1. The highest BCUT2D eigenvalue weighted by molar-refractivity contribution is 6.03. The van der Waals surface area contributed by atoms with Gasteiger partial charge in [-0.15, -0.1) is 0 Å². The van der Waals surface area contributed by atoms with Crippen molar-refractivity contribution in [2.24, 2.45) is 4.99 Å². The predicted molar refractivity (Wildman–Crippen MR) is 298 cm³/mol. The number of imidazole rings is 2. The number of halogens is 6. The number of amides is 3. The van der Waals surface area contributed by atoms with Crippen molar-refractivity contribution in [3.63, 3.8) is 0 Å². The van der Waals surface area contributed by atoms with Crippen LogP contribution in [0.5, 0.6) is 0 Å². The van der Waals surface area contributed by atoms with Gasteiger partial charge in [0.2, 0.25) is 0 Å². The van der Waals surface area contributed by atoms with E-state index in [-0.39, 0.29) is 43.8 Å². The third-order valence-corrected chi connectivity index (χ3v) is 12.7. The lowest BCUT2D eigenvalue weighted by Gasteiger charge is -2.23. The first-order chi connectivity index (χ1) is 38.2. The zero-order chi connectivity index (χ0) is 59.1. The summed E-state index contributed by atoms with van der Waals surface area (Å²) in [6, 6.07) is 21.0. The highest BCUT2D eigenvalue weighted by atomic mass is 19.2. The summed E-state index contributed by atoms with van der Waals surface area (Å²) in [7, 11) is 0. The number of ether oxygens (including phenoxy) is 1. The maximum Gasteiger partial charge on any atom is 0.258 e. The van der Waals surface area contributed by atoms with Gasteiger partial charge in [-0.05, 0) is 106 Å². The van der Waals surface area contributed by atoms with Crippen LogP contribution in [0, 0.1) is 75.4 Å². The number of nitrogens with one attached hydrogen (secondary N) is 4. The standard InChI is InChI=1S/C20H17F2N3O2.C19H16F2N4O2.C12H12N2O2.C7H4F2N2.CH4/c1-11-6-13(4-5-17(11)23-3)25-19(26)20(2,27)10-14-7-12-8-15(21)16(22)9-18(12)24-14;1-11-6-12(4-5-15(11)22-3)24-18(26)19(2,27)9-25-10-23-16-7-13(20)14(21)8-17(16)25;1-8-6-9(4-5-10(8)13-3)14-11(15)12(2)7-16-12;8-4-1-6-7(2-5(4)9)11-3-10-6;/h4-6,8-9,27H,7,10H2,1-2H3,(H,25,26);4-8,10,27H,9H2,1-2H3,(H,24,26);4-6H,7H2,1-2H3,(H,14,15);1-3H,(H,10,11);1H4/t20-;19-;12-;;/m000../s1. The Kier molecular flexibility index (Phi) is 18.9. The van der Waals surface area contributed by atoms with Crippen LogP contribution in [-0.2, 0) is 32.1 Å². The van der Waals surface area contributed by atoms with Gasteiger partial charge in [0.25, 0.3) is 17.7 Å². The van der Waals surface area contributed by atoms with Crippen molar-refractivity contribution in [3.05, 3.63) is 195 Å². The van der Waals surface area contributed by atoms with Crippen molar-refractivity contribution < 1.29 is 55.7 Å². The van der Waals surface area contributed by atoms with Crippen molar-refractivity contribution in [3.8, 4) is 0 Å². The zero-order valence-corrected chi connectivity index (χ0v) is 44.1. The maximum atomic E-state index is 13.5. The normalized spacial score (nSPS) is 15.0. The molecule has 2 aromatic heterocycles. The van der Waals surface area contributed by atoms with Crippen LogP contribution in [0.4, 0.5) is 66.2 Å². The number of nitrogens with zero attached hydrogens (tertiary/aromatic N) is 7. The van der Waals surface area contributed by atoms with E-state index in [0.717, 1.165) is 42.0 Å². The van der Waals surface area contributed by atoms with Gasteiger partial charge in [0.05, 0.1) is 73.3 Å². The second kappa shape index (κ2) is 25.2. The van der Waals surface area contributed by atoms with Gasteiger partial charge in [0, 0.05) is 65.9 Å². The molecule has 422 valence electrons. The van der Waals surface area contributed by atoms with Crippen LogP contribution in [0.25, 0.3) is 36.6 Å². The molecule has 23 heteroatoms. The fourth-order valence-corrected chi connectivity index (χ4v) is 7.96. The molecule has 3 atom stereocenters. The molecule has 82 heavy (non-hydrogen) atoms. The van der Waals surface area contributed by atoms with E-state index in [2.05, 4.69) is 50.4 Å². The number of benzene rings is 6. The van der Waals surface area contributed by atoms with Gasteiger partial charge in [0.1, 0.15) is 5.60 Å². The lowest BCUT2D eigenvalue weighted by Crippen LogP contribution is -2.43. The predicted octanol–water partition coefficient (Wildman–Crippen LogP) is 12.5. The number of hydrogen-bond donors (Lipinski definition) is 6. The third-order valence-electron chi connectivity index (χ3n) is 12.7. The summed E-state index contributed by atoms with van der Waals surface area (Å²) in [5.41, 5.74) is 3.88. The number of aliphatic hydroxyl groups is 2. The number of aryl methyl sites for hydroxylation is 3. The highest BCUT2D eigenvalue weighted by Gasteiger charge is 2.47. The number of hydrogen-bond acceptors (Lipinski definition) is 9. The van der Waals surface area contributed by atoms with Gasteiger partial charge in [-0.2, -0.15) is 0 Å². The molecule has 2 aliphatic heterocycles. The van der Waals surface area contributed by atoms with Gasteiger partial charge in [-0.25, -0.2) is 50.8 Å².